The van der Waals surface area contributed by atoms with E-state index in [1.165, 1.54) is 0 Å². The summed E-state index contributed by atoms with van der Waals surface area (Å²) in [5.41, 5.74) is 3.40. The Morgan fingerprint density at radius 1 is 0.846 bits per heavy atom. The highest BCUT2D eigenvalue weighted by atomic mass is 127. The summed E-state index contributed by atoms with van der Waals surface area (Å²) >= 11 is 2.32. The van der Waals surface area contributed by atoms with Crippen LogP contribution in [0.15, 0.2) is 72.8 Å². The Hall–Kier alpha value is -2.21. The zero-order chi connectivity index (χ0) is 18.2. The van der Waals surface area contributed by atoms with Crippen molar-refractivity contribution in [3.05, 3.63) is 87.5 Å². The van der Waals surface area contributed by atoms with Crippen molar-refractivity contribution in [2.45, 2.75) is 20.1 Å². The van der Waals surface area contributed by atoms with Crippen LogP contribution in [0, 0.1) is 3.57 Å². The van der Waals surface area contributed by atoms with Gasteiger partial charge in [0.25, 0.3) is 0 Å². The van der Waals surface area contributed by atoms with Crippen molar-refractivity contribution < 1.29 is 9.47 Å². The van der Waals surface area contributed by atoms with E-state index in [1.54, 1.807) is 0 Å². The summed E-state index contributed by atoms with van der Waals surface area (Å²) < 4.78 is 13.0. The number of rotatable bonds is 8. The molecule has 4 heteroatoms. The van der Waals surface area contributed by atoms with E-state index >= 15 is 0 Å². The molecule has 3 aromatic rings. The highest BCUT2D eigenvalue weighted by molar-refractivity contribution is 14.1. The summed E-state index contributed by atoms with van der Waals surface area (Å²) in [6.07, 6.45) is 0. The van der Waals surface area contributed by atoms with Crippen molar-refractivity contribution in [1.29, 1.82) is 0 Å². The van der Waals surface area contributed by atoms with Crippen molar-refractivity contribution in [2.24, 2.45) is 0 Å². The molecule has 0 aliphatic heterocycles. The maximum absolute atomic E-state index is 6.07. The minimum absolute atomic E-state index is 0.526. The molecule has 0 radical (unpaired) electrons. The van der Waals surface area contributed by atoms with Gasteiger partial charge in [-0.15, -0.1) is 0 Å². The predicted molar refractivity (Wildman–Crippen MR) is 115 cm³/mol. The number of halogens is 1. The second-order valence-electron chi connectivity index (χ2n) is 5.83. The monoisotopic (exact) mass is 459 g/mol. The molecule has 0 saturated carbocycles. The SMILES string of the molecule is CCOc1cc(CNc2ccccc2)cc(I)c1OCc1ccccc1. The average Bonchev–Trinajstić information content (AvgIpc) is 2.67. The molecule has 0 unspecified atom stereocenters. The Balaban J connectivity index is 1.74. The first-order valence-corrected chi connectivity index (χ1v) is 9.75. The molecule has 3 nitrogen and oxygen atoms in total. The molecule has 3 rings (SSSR count). The summed E-state index contributed by atoms with van der Waals surface area (Å²) in [6.45, 7) is 3.85. The maximum Gasteiger partial charge on any atom is 0.174 e. The smallest absolute Gasteiger partial charge is 0.174 e. The van der Waals surface area contributed by atoms with Crippen LogP contribution in [0.3, 0.4) is 0 Å². The van der Waals surface area contributed by atoms with Crippen LogP contribution >= 0.6 is 22.6 Å². The number of hydrogen-bond acceptors (Lipinski definition) is 3. The van der Waals surface area contributed by atoms with Crippen LogP contribution in [0.5, 0.6) is 11.5 Å². The van der Waals surface area contributed by atoms with Crippen LogP contribution in [0.2, 0.25) is 0 Å². The van der Waals surface area contributed by atoms with Crippen molar-refractivity contribution >= 4 is 28.3 Å². The molecule has 1 N–H and O–H groups in total. The van der Waals surface area contributed by atoms with Gasteiger partial charge in [0.2, 0.25) is 0 Å². The van der Waals surface area contributed by atoms with E-state index < -0.39 is 0 Å². The number of ether oxygens (including phenoxy) is 2. The van der Waals surface area contributed by atoms with Gasteiger partial charge in [0.05, 0.1) is 10.2 Å². The Kier molecular flexibility index (Phi) is 6.77. The number of anilines is 1. The molecule has 0 heterocycles. The molecule has 0 spiro atoms. The lowest BCUT2D eigenvalue weighted by Crippen LogP contribution is -2.05. The average molecular weight is 459 g/mol. The van der Waals surface area contributed by atoms with Gasteiger partial charge in [-0.25, -0.2) is 0 Å². The lowest BCUT2D eigenvalue weighted by molar-refractivity contribution is 0.267. The molecule has 0 aliphatic rings. The molecule has 0 saturated heterocycles. The number of hydrogen-bond donors (Lipinski definition) is 1. The minimum atomic E-state index is 0.526. The van der Waals surface area contributed by atoms with Gasteiger partial charge in [-0.2, -0.15) is 0 Å². The van der Waals surface area contributed by atoms with Gasteiger partial charge in [-0.05, 0) is 64.9 Å². The van der Waals surface area contributed by atoms with Gasteiger partial charge < -0.3 is 14.8 Å². The van der Waals surface area contributed by atoms with Gasteiger partial charge >= 0.3 is 0 Å². The minimum Gasteiger partial charge on any atom is -0.490 e. The molecule has 26 heavy (non-hydrogen) atoms. The van der Waals surface area contributed by atoms with Gasteiger partial charge in [-0.3, -0.25) is 0 Å². The number of para-hydroxylation sites is 1. The number of benzene rings is 3. The summed E-state index contributed by atoms with van der Waals surface area (Å²) in [6, 6.07) is 24.6. The quantitative estimate of drug-likeness (QED) is 0.427. The Morgan fingerprint density at radius 2 is 1.54 bits per heavy atom. The standard InChI is InChI=1S/C22H22INO2/c1-2-25-21-14-18(15-24-19-11-7-4-8-12-19)13-20(23)22(21)26-16-17-9-5-3-6-10-17/h3-14,24H,2,15-16H2,1H3. The second-order valence-corrected chi connectivity index (χ2v) is 6.99. The van der Waals surface area contributed by atoms with Crippen LogP contribution in [-0.2, 0) is 13.2 Å². The first kappa shape index (κ1) is 18.6. The highest BCUT2D eigenvalue weighted by Gasteiger charge is 2.12. The van der Waals surface area contributed by atoms with E-state index in [2.05, 4.69) is 64.3 Å². The van der Waals surface area contributed by atoms with Crippen LogP contribution in [0.4, 0.5) is 5.69 Å². The summed E-state index contributed by atoms with van der Waals surface area (Å²) in [4.78, 5) is 0. The van der Waals surface area contributed by atoms with E-state index in [9.17, 15) is 0 Å². The fraction of sp³-hybridized carbons (Fsp3) is 0.182. The third-order valence-electron chi connectivity index (χ3n) is 3.87. The predicted octanol–water partition coefficient (Wildman–Crippen LogP) is 5.88. The van der Waals surface area contributed by atoms with Crippen molar-refractivity contribution in [3.63, 3.8) is 0 Å². The molecular weight excluding hydrogens is 437 g/mol. The normalized spacial score (nSPS) is 10.4. The Bertz CT molecular complexity index is 822. The first-order chi connectivity index (χ1) is 12.8. The third kappa shape index (κ3) is 5.14. The molecule has 0 fully saturated rings. The van der Waals surface area contributed by atoms with Crippen LogP contribution in [-0.4, -0.2) is 6.61 Å². The lowest BCUT2D eigenvalue weighted by atomic mass is 10.2. The number of nitrogens with one attached hydrogen (secondary N) is 1. The van der Waals surface area contributed by atoms with E-state index in [0.717, 1.165) is 38.4 Å². The highest BCUT2D eigenvalue weighted by Crippen LogP contribution is 2.35. The van der Waals surface area contributed by atoms with E-state index in [4.69, 9.17) is 9.47 Å². The van der Waals surface area contributed by atoms with Gasteiger partial charge in [-0.1, -0.05) is 48.5 Å². The molecule has 0 aliphatic carbocycles. The van der Waals surface area contributed by atoms with E-state index in [-0.39, 0.29) is 0 Å². The maximum atomic E-state index is 6.07. The van der Waals surface area contributed by atoms with E-state index in [0.29, 0.717) is 13.2 Å². The van der Waals surface area contributed by atoms with Gasteiger partial charge in [0.1, 0.15) is 6.61 Å². The van der Waals surface area contributed by atoms with Crippen molar-refractivity contribution in [2.75, 3.05) is 11.9 Å². The molecule has 0 atom stereocenters. The molecule has 0 bridgehead atoms. The van der Waals surface area contributed by atoms with Gasteiger partial charge in [0, 0.05) is 12.2 Å². The summed E-state index contributed by atoms with van der Waals surface area (Å²) in [5, 5.41) is 3.44. The Labute approximate surface area is 168 Å². The zero-order valence-corrected chi connectivity index (χ0v) is 16.9. The van der Waals surface area contributed by atoms with E-state index in [1.807, 2.05) is 43.3 Å². The van der Waals surface area contributed by atoms with Crippen LogP contribution in [0.25, 0.3) is 0 Å². The summed E-state index contributed by atoms with van der Waals surface area (Å²) in [7, 11) is 0. The topological polar surface area (TPSA) is 30.5 Å². The fourth-order valence-electron chi connectivity index (χ4n) is 2.62. The molecule has 0 aromatic heterocycles. The molecule has 3 aromatic carbocycles. The zero-order valence-electron chi connectivity index (χ0n) is 14.7. The summed E-state index contributed by atoms with van der Waals surface area (Å²) in [5.74, 6) is 1.60. The molecule has 0 amide bonds. The Morgan fingerprint density at radius 3 is 2.23 bits per heavy atom. The second kappa shape index (κ2) is 9.48. The largest absolute Gasteiger partial charge is 0.490 e. The van der Waals surface area contributed by atoms with Crippen molar-refractivity contribution in [3.8, 4) is 11.5 Å². The lowest BCUT2D eigenvalue weighted by Gasteiger charge is -2.16. The first-order valence-electron chi connectivity index (χ1n) is 8.67. The van der Waals surface area contributed by atoms with Gasteiger partial charge in [0.15, 0.2) is 11.5 Å². The van der Waals surface area contributed by atoms with Crippen LogP contribution in [0.1, 0.15) is 18.1 Å². The fourth-order valence-corrected chi connectivity index (χ4v) is 3.44. The molecule has 134 valence electrons. The molecular formula is C22H22INO2. The van der Waals surface area contributed by atoms with Crippen molar-refractivity contribution in [1.82, 2.24) is 0 Å². The van der Waals surface area contributed by atoms with Crippen LogP contribution < -0.4 is 14.8 Å². The third-order valence-corrected chi connectivity index (χ3v) is 4.67.